The predicted molar refractivity (Wildman–Crippen MR) is 89.5 cm³/mol. The van der Waals surface area contributed by atoms with Crippen molar-refractivity contribution in [3.05, 3.63) is 41.5 Å². The van der Waals surface area contributed by atoms with E-state index in [9.17, 15) is 5.11 Å². The van der Waals surface area contributed by atoms with Crippen LogP contribution in [0.5, 0.6) is 5.75 Å². The molecule has 2 atom stereocenters. The van der Waals surface area contributed by atoms with Gasteiger partial charge in [0.25, 0.3) is 0 Å². The van der Waals surface area contributed by atoms with Crippen molar-refractivity contribution in [2.75, 3.05) is 6.54 Å². The number of hydrogen-bond acceptors (Lipinski definition) is 6. The summed E-state index contributed by atoms with van der Waals surface area (Å²) in [7, 11) is 0. The zero-order valence-electron chi connectivity index (χ0n) is 14.3. The molecular formula is C18H25N3O3. The lowest BCUT2D eigenvalue weighted by atomic mass is 10.1. The van der Waals surface area contributed by atoms with Crippen LogP contribution < -0.4 is 4.74 Å². The Kier molecular flexibility index (Phi) is 5.48. The molecule has 0 spiro atoms. The molecule has 1 N–H and O–H groups in total. The third kappa shape index (κ3) is 4.55. The van der Waals surface area contributed by atoms with Crippen LogP contribution in [0, 0.1) is 6.92 Å². The van der Waals surface area contributed by atoms with E-state index in [1.54, 1.807) is 6.92 Å². The first-order valence-electron chi connectivity index (χ1n) is 8.53. The summed E-state index contributed by atoms with van der Waals surface area (Å²) in [5.74, 6) is 1.89. The molecule has 1 aromatic heterocycles. The van der Waals surface area contributed by atoms with Gasteiger partial charge in [0.05, 0.1) is 6.10 Å². The molecule has 2 aromatic rings. The molecule has 0 amide bonds. The van der Waals surface area contributed by atoms with Gasteiger partial charge in [0.1, 0.15) is 5.75 Å². The molecule has 1 saturated heterocycles. The number of aliphatic hydroxyl groups excluding tert-OH is 1. The molecule has 1 fully saturated rings. The Labute approximate surface area is 142 Å². The Balaban J connectivity index is 1.52. The zero-order chi connectivity index (χ0) is 16.9. The van der Waals surface area contributed by atoms with Crippen LogP contribution in [0.4, 0.5) is 0 Å². The van der Waals surface area contributed by atoms with Crippen molar-refractivity contribution in [3.63, 3.8) is 0 Å². The van der Waals surface area contributed by atoms with Crippen LogP contribution >= 0.6 is 0 Å². The Morgan fingerprint density at radius 2 is 2.17 bits per heavy atom. The molecule has 1 aliphatic heterocycles. The Hall–Kier alpha value is -1.92. The van der Waals surface area contributed by atoms with Crippen molar-refractivity contribution in [1.29, 1.82) is 0 Å². The molecule has 0 bridgehead atoms. The first kappa shape index (κ1) is 16.9. The highest BCUT2D eigenvalue weighted by molar-refractivity contribution is 5.27. The second-order valence-corrected chi connectivity index (χ2v) is 6.51. The summed E-state index contributed by atoms with van der Waals surface area (Å²) in [5.41, 5.74) is 1.26. The van der Waals surface area contributed by atoms with Crippen LogP contribution in [0.2, 0.25) is 0 Å². The maximum Gasteiger partial charge on any atom is 0.223 e. The van der Waals surface area contributed by atoms with E-state index < -0.39 is 0 Å². The van der Waals surface area contributed by atoms with Gasteiger partial charge in [-0.15, -0.1) is 0 Å². The number of benzene rings is 1. The topological polar surface area (TPSA) is 71.6 Å². The van der Waals surface area contributed by atoms with E-state index in [1.807, 2.05) is 19.1 Å². The summed E-state index contributed by atoms with van der Waals surface area (Å²) in [6.07, 6.45) is 3.00. The summed E-state index contributed by atoms with van der Waals surface area (Å²) in [6, 6.07) is 8.62. The van der Waals surface area contributed by atoms with Crippen LogP contribution in [-0.4, -0.2) is 38.8 Å². The van der Waals surface area contributed by atoms with E-state index in [-0.39, 0.29) is 6.10 Å². The molecule has 2 heterocycles. The highest BCUT2D eigenvalue weighted by Crippen LogP contribution is 2.24. The summed E-state index contributed by atoms with van der Waals surface area (Å²) in [4.78, 5) is 6.58. The summed E-state index contributed by atoms with van der Waals surface area (Å²) in [5, 5.41) is 13.4. The van der Waals surface area contributed by atoms with E-state index in [1.165, 1.54) is 18.4 Å². The van der Waals surface area contributed by atoms with Crippen LogP contribution in [0.15, 0.2) is 28.8 Å². The minimum atomic E-state index is -0.236. The third-order valence-electron chi connectivity index (χ3n) is 4.36. The van der Waals surface area contributed by atoms with Crippen molar-refractivity contribution in [3.8, 4) is 5.75 Å². The van der Waals surface area contributed by atoms with E-state index in [4.69, 9.17) is 9.26 Å². The molecule has 24 heavy (non-hydrogen) atoms. The number of ether oxygens (including phenoxy) is 1. The van der Waals surface area contributed by atoms with Crippen LogP contribution in [-0.2, 0) is 13.2 Å². The Bertz CT molecular complexity index is 639. The number of hydrogen-bond donors (Lipinski definition) is 1. The average Bonchev–Trinajstić information content (AvgIpc) is 3.15. The second-order valence-electron chi connectivity index (χ2n) is 6.51. The van der Waals surface area contributed by atoms with E-state index >= 15 is 0 Å². The molecule has 6 heteroatoms. The monoisotopic (exact) mass is 331 g/mol. The van der Waals surface area contributed by atoms with Gasteiger partial charge in [0.2, 0.25) is 11.7 Å². The van der Waals surface area contributed by atoms with Crippen LogP contribution in [0.25, 0.3) is 0 Å². The van der Waals surface area contributed by atoms with E-state index in [2.05, 4.69) is 27.2 Å². The van der Waals surface area contributed by atoms with Crippen molar-refractivity contribution in [2.45, 2.75) is 58.4 Å². The smallest absolute Gasteiger partial charge is 0.223 e. The minimum absolute atomic E-state index is 0.236. The van der Waals surface area contributed by atoms with Crippen molar-refractivity contribution < 1.29 is 14.4 Å². The predicted octanol–water partition coefficient (Wildman–Crippen LogP) is 2.69. The van der Waals surface area contributed by atoms with E-state index in [0.717, 1.165) is 25.3 Å². The van der Waals surface area contributed by atoms with Crippen molar-refractivity contribution in [1.82, 2.24) is 15.0 Å². The normalized spacial score (nSPS) is 19.5. The van der Waals surface area contributed by atoms with Gasteiger partial charge in [-0.05, 0) is 50.4 Å². The first-order valence-corrected chi connectivity index (χ1v) is 8.53. The summed E-state index contributed by atoms with van der Waals surface area (Å²) < 4.78 is 10.6. The molecule has 0 saturated carbocycles. The molecule has 3 rings (SSSR count). The molecule has 6 nitrogen and oxygen atoms in total. The number of aliphatic hydroxyl groups is 1. The fraction of sp³-hybridized carbons (Fsp3) is 0.556. The summed E-state index contributed by atoms with van der Waals surface area (Å²) >= 11 is 0. The van der Waals surface area contributed by atoms with Gasteiger partial charge in [-0.3, -0.25) is 4.90 Å². The molecule has 2 unspecified atom stereocenters. The number of rotatable bonds is 7. The molecule has 130 valence electrons. The van der Waals surface area contributed by atoms with E-state index in [0.29, 0.717) is 24.4 Å². The number of aryl methyl sites for hydroxylation is 1. The number of likely N-dealkylation sites (tertiary alicyclic amines) is 1. The zero-order valence-corrected chi connectivity index (χ0v) is 14.3. The standard InChI is InChI=1S/C18H25N3O3/c1-13(22)10-16-4-3-9-21(16)11-15-5-7-17(8-6-15)23-12-18-19-14(2)24-20-18/h5-8,13,16,22H,3-4,9-12H2,1-2H3. The third-order valence-corrected chi connectivity index (χ3v) is 4.36. The van der Waals surface area contributed by atoms with Gasteiger partial charge in [-0.2, -0.15) is 4.98 Å². The van der Waals surface area contributed by atoms with Crippen molar-refractivity contribution in [2.24, 2.45) is 0 Å². The lowest BCUT2D eigenvalue weighted by Crippen LogP contribution is -2.31. The Morgan fingerprint density at radius 1 is 1.38 bits per heavy atom. The van der Waals surface area contributed by atoms with Gasteiger partial charge in [-0.25, -0.2) is 0 Å². The lowest BCUT2D eigenvalue weighted by Gasteiger charge is -2.25. The van der Waals surface area contributed by atoms with Gasteiger partial charge in [-0.1, -0.05) is 17.3 Å². The summed E-state index contributed by atoms with van der Waals surface area (Å²) in [6.45, 7) is 5.95. The fourth-order valence-electron chi connectivity index (χ4n) is 3.24. The van der Waals surface area contributed by atoms with Crippen molar-refractivity contribution >= 4 is 0 Å². The molecule has 0 aliphatic carbocycles. The fourth-order valence-corrected chi connectivity index (χ4v) is 3.24. The molecule has 0 radical (unpaired) electrons. The van der Waals surface area contributed by atoms with Crippen LogP contribution in [0.3, 0.4) is 0 Å². The maximum atomic E-state index is 9.63. The second kappa shape index (κ2) is 7.77. The maximum absolute atomic E-state index is 9.63. The first-order chi connectivity index (χ1) is 11.6. The van der Waals surface area contributed by atoms with Gasteiger partial charge >= 0.3 is 0 Å². The SMILES string of the molecule is Cc1nc(COc2ccc(CN3CCCC3CC(C)O)cc2)no1. The molecular weight excluding hydrogens is 306 g/mol. The van der Waals surface area contributed by atoms with Gasteiger partial charge < -0.3 is 14.4 Å². The highest BCUT2D eigenvalue weighted by atomic mass is 16.5. The number of aromatic nitrogens is 2. The quantitative estimate of drug-likeness (QED) is 0.841. The Morgan fingerprint density at radius 3 is 2.83 bits per heavy atom. The average molecular weight is 331 g/mol. The minimum Gasteiger partial charge on any atom is -0.485 e. The molecule has 1 aliphatic rings. The van der Waals surface area contributed by atoms with Crippen LogP contribution in [0.1, 0.15) is 43.5 Å². The largest absolute Gasteiger partial charge is 0.485 e. The lowest BCUT2D eigenvalue weighted by molar-refractivity contribution is 0.131. The highest BCUT2D eigenvalue weighted by Gasteiger charge is 2.25. The van der Waals surface area contributed by atoms with Gasteiger partial charge in [0.15, 0.2) is 6.61 Å². The molecule has 1 aromatic carbocycles. The number of nitrogens with zero attached hydrogens (tertiary/aromatic N) is 3. The van der Waals surface area contributed by atoms with Gasteiger partial charge in [0, 0.05) is 19.5 Å².